The number of carbonyl (C=O) groups excluding carboxylic acids is 1. The van der Waals surface area contributed by atoms with Crippen molar-refractivity contribution in [3.05, 3.63) is 51.9 Å². The number of fused-ring (bicyclic) bond motifs is 1. The van der Waals surface area contributed by atoms with Crippen LogP contribution in [-0.4, -0.2) is 33.5 Å². The van der Waals surface area contributed by atoms with Gasteiger partial charge in [-0.05, 0) is 54.4 Å². The Hall–Kier alpha value is -2.80. The second-order valence-corrected chi connectivity index (χ2v) is 12.5. The quantitative estimate of drug-likeness (QED) is 0.248. The number of hydrogen-bond acceptors (Lipinski definition) is 7. The standard InChI is InChI=1S/C27H30ClN5O2S2/c1-6-11-33-24(19-13-17(28)8-10-21(19)35-5)31-32-26(33)36-15-23(34)30-25-20(14-29)18-9-7-16(27(2,3)4)12-22(18)37-25/h6,8,10,13,16H,1,7,9,11-12,15H2,2-5H3,(H,30,34). The van der Waals surface area contributed by atoms with Crippen LogP contribution >= 0.6 is 34.7 Å². The van der Waals surface area contributed by atoms with Crippen LogP contribution in [0, 0.1) is 22.7 Å². The lowest BCUT2D eigenvalue weighted by atomic mass is 9.72. The van der Waals surface area contributed by atoms with Crippen LogP contribution in [0.1, 0.15) is 43.2 Å². The molecule has 1 aromatic carbocycles. The van der Waals surface area contributed by atoms with Crippen LogP contribution in [0.15, 0.2) is 36.0 Å². The first-order valence-electron chi connectivity index (χ1n) is 12.0. The van der Waals surface area contributed by atoms with Crippen molar-refractivity contribution in [2.75, 3.05) is 18.2 Å². The number of halogens is 1. The Morgan fingerprint density at radius 2 is 2.22 bits per heavy atom. The van der Waals surface area contributed by atoms with Crippen molar-refractivity contribution in [3.8, 4) is 23.2 Å². The van der Waals surface area contributed by atoms with Crippen LogP contribution in [-0.2, 0) is 24.2 Å². The zero-order valence-corrected chi connectivity index (χ0v) is 23.8. The van der Waals surface area contributed by atoms with Crippen LogP contribution in [0.5, 0.6) is 5.75 Å². The zero-order chi connectivity index (χ0) is 26.7. The number of anilines is 1. The second kappa shape index (κ2) is 11.3. The van der Waals surface area contributed by atoms with E-state index < -0.39 is 0 Å². The zero-order valence-electron chi connectivity index (χ0n) is 21.4. The summed E-state index contributed by atoms with van der Waals surface area (Å²) >= 11 is 9.03. The molecule has 7 nitrogen and oxygen atoms in total. The van der Waals surface area contributed by atoms with Crippen molar-refractivity contribution in [2.45, 2.75) is 51.7 Å². The Kier molecular flexibility index (Phi) is 8.32. The lowest BCUT2D eigenvalue weighted by Crippen LogP contribution is -2.26. The maximum Gasteiger partial charge on any atom is 0.235 e. The molecule has 194 valence electrons. The van der Waals surface area contributed by atoms with Crippen molar-refractivity contribution < 1.29 is 9.53 Å². The summed E-state index contributed by atoms with van der Waals surface area (Å²) in [5.74, 6) is 1.69. The van der Waals surface area contributed by atoms with E-state index in [4.69, 9.17) is 16.3 Å². The predicted octanol–water partition coefficient (Wildman–Crippen LogP) is 6.61. The third-order valence-electron chi connectivity index (χ3n) is 6.62. The van der Waals surface area contributed by atoms with Crippen LogP contribution in [0.2, 0.25) is 5.02 Å². The number of nitrogens with zero attached hydrogens (tertiary/aromatic N) is 4. The average molecular weight is 556 g/mol. The van der Waals surface area contributed by atoms with E-state index in [1.165, 1.54) is 28.0 Å². The molecule has 0 saturated heterocycles. The first kappa shape index (κ1) is 27.2. The van der Waals surface area contributed by atoms with E-state index >= 15 is 0 Å². The summed E-state index contributed by atoms with van der Waals surface area (Å²) < 4.78 is 7.35. The Morgan fingerprint density at radius 1 is 1.43 bits per heavy atom. The molecular formula is C27H30ClN5O2S2. The van der Waals surface area contributed by atoms with Gasteiger partial charge in [-0.15, -0.1) is 28.1 Å². The number of thiophene rings is 1. The van der Waals surface area contributed by atoms with Crippen LogP contribution in [0.3, 0.4) is 0 Å². The number of allylic oxidation sites excluding steroid dienone is 1. The number of amides is 1. The van der Waals surface area contributed by atoms with Gasteiger partial charge in [0.2, 0.25) is 5.91 Å². The molecule has 10 heteroatoms. The summed E-state index contributed by atoms with van der Waals surface area (Å²) in [7, 11) is 1.59. The number of methoxy groups -OCH3 is 1. The molecule has 1 unspecified atom stereocenters. The fourth-order valence-electron chi connectivity index (χ4n) is 4.57. The number of nitrogens with one attached hydrogen (secondary N) is 1. The average Bonchev–Trinajstić information content (AvgIpc) is 3.42. The topological polar surface area (TPSA) is 92.8 Å². The number of hydrogen-bond donors (Lipinski definition) is 1. The number of nitriles is 1. The molecule has 1 N–H and O–H groups in total. The lowest BCUT2D eigenvalue weighted by Gasteiger charge is -2.33. The highest BCUT2D eigenvalue weighted by Gasteiger charge is 2.32. The molecule has 1 amide bonds. The van der Waals surface area contributed by atoms with Crippen molar-refractivity contribution in [1.82, 2.24) is 14.8 Å². The summed E-state index contributed by atoms with van der Waals surface area (Å²) in [5, 5.41) is 23.2. The molecule has 0 radical (unpaired) electrons. The molecular weight excluding hydrogens is 526 g/mol. The number of carbonyl (C=O) groups is 1. The lowest BCUT2D eigenvalue weighted by molar-refractivity contribution is -0.113. The van der Waals surface area contributed by atoms with Gasteiger partial charge >= 0.3 is 0 Å². The van der Waals surface area contributed by atoms with E-state index in [0.29, 0.717) is 50.3 Å². The molecule has 0 spiro atoms. The van der Waals surface area contributed by atoms with E-state index in [-0.39, 0.29) is 17.1 Å². The SMILES string of the molecule is C=CCn1c(SCC(=O)Nc2sc3c(c2C#N)CCC(C(C)(C)C)C3)nnc1-c1cc(Cl)ccc1OC. The third kappa shape index (κ3) is 5.87. The van der Waals surface area contributed by atoms with Crippen LogP contribution in [0.25, 0.3) is 11.4 Å². The maximum absolute atomic E-state index is 12.9. The van der Waals surface area contributed by atoms with Gasteiger partial charge in [0.25, 0.3) is 0 Å². The van der Waals surface area contributed by atoms with E-state index in [1.807, 2.05) is 4.57 Å². The Balaban J connectivity index is 1.50. The molecule has 3 aromatic rings. The maximum atomic E-state index is 12.9. The summed E-state index contributed by atoms with van der Waals surface area (Å²) in [6.07, 6.45) is 4.63. The van der Waals surface area contributed by atoms with Gasteiger partial charge in [-0.25, -0.2) is 0 Å². The predicted molar refractivity (Wildman–Crippen MR) is 151 cm³/mol. The summed E-state index contributed by atoms with van der Waals surface area (Å²) in [4.78, 5) is 14.2. The van der Waals surface area contributed by atoms with Gasteiger partial charge in [0.15, 0.2) is 11.0 Å². The van der Waals surface area contributed by atoms with E-state index in [2.05, 4.69) is 48.9 Å². The van der Waals surface area contributed by atoms with Crippen LogP contribution < -0.4 is 10.1 Å². The molecule has 2 heterocycles. The van der Waals surface area contributed by atoms with Crippen molar-refractivity contribution >= 4 is 45.6 Å². The second-order valence-electron chi connectivity index (χ2n) is 10.0. The molecule has 0 aliphatic heterocycles. The van der Waals surface area contributed by atoms with Gasteiger partial charge in [0.05, 0.1) is 24.0 Å². The first-order chi connectivity index (χ1) is 17.7. The number of thioether (sulfide) groups is 1. The van der Waals surface area contributed by atoms with E-state index in [9.17, 15) is 10.1 Å². The number of ether oxygens (including phenoxy) is 1. The highest BCUT2D eigenvalue weighted by Crippen LogP contribution is 2.44. The van der Waals surface area contributed by atoms with Gasteiger partial charge in [0, 0.05) is 16.4 Å². The molecule has 0 bridgehead atoms. The first-order valence-corrected chi connectivity index (χ1v) is 14.2. The third-order valence-corrected chi connectivity index (χ3v) is 8.99. The largest absolute Gasteiger partial charge is 0.496 e. The minimum Gasteiger partial charge on any atom is -0.496 e. The Morgan fingerprint density at radius 3 is 2.89 bits per heavy atom. The molecule has 37 heavy (non-hydrogen) atoms. The van der Waals surface area contributed by atoms with Gasteiger partial charge in [-0.2, -0.15) is 5.26 Å². The number of benzene rings is 1. The molecule has 1 aliphatic carbocycles. The molecule has 2 aromatic heterocycles. The molecule has 0 fully saturated rings. The number of rotatable bonds is 8. The van der Waals surface area contributed by atoms with E-state index in [1.54, 1.807) is 31.4 Å². The van der Waals surface area contributed by atoms with Gasteiger partial charge in [-0.3, -0.25) is 9.36 Å². The fourth-order valence-corrected chi connectivity index (χ4v) is 6.78. The molecule has 0 saturated carbocycles. The highest BCUT2D eigenvalue weighted by atomic mass is 35.5. The summed E-state index contributed by atoms with van der Waals surface area (Å²) in [6, 6.07) is 7.63. The molecule has 1 atom stereocenters. The van der Waals surface area contributed by atoms with Gasteiger partial charge in [-0.1, -0.05) is 50.2 Å². The van der Waals surface area contributed by atoms with Gasteiger partial charge < -0.3 is 10.1 Å². The summed E-state index contributed by atoms with van der Waals surface area (Å²) in [5.41, 5.74) is 2.62. The molecule has 4 rings (SSSR count). The minimum absolute atomic E-state index is 0.125. The minimum atomic E-state index is -0.192. The summed E-state index contributed by atoms with van der Waals surface area (Å²) in [6.45, 7) is 11.1. The highest BCUT2D eigenvalue weighted by molar-refractivity contribution is 7.99. The smallest absolute Gasteiger partial charge is 0.235 e. The fraction of sp³-hybridized carbons (Fsp3) is 0.407. The normalized spacial score (nSPS) is 15.1. The van der Waals surface area contributed by atoms with Crippen LogP contribution in [0.4, 0.5) is 5.00 Å². The Labute approximate surface area is 230 Å². The number of aromatic nitrogens is 3. The van der Waals surface area contributed by atoms with Crippen molar-refractivity contribution in [3.63, 3.8) is 0 Å². The van der Waals surface area contributed by atoms with Crippen molar-refractivity contribution in [1.29, 1.82) is 5.26 Å². The van der Waals surface area contributed by atoms with E-state index in [0.717, 1.165) is 24.8 Å². The van der Waals surface area contributed by atoms with Gasteiger partial charge in [0.1, 0.15) is 16.8 Å². The monoisotopic (exact) mass is 555 g/mol. The Bertz CT molecular complexity index is 1370. The molecule has 1 aliphatic rings. The van der Waals surface area contributed by atoms with Crippen molar-refractivity contribution in [2.24, 2.45) is 11.3 Å².